The number of hydrogen-bond donors (Lipinski definition) is 1. The van der Waals surface area contributed by atoms with Gasteiger partial charge in [0, 0.05) is 40.3 Å². The fraction of sp³-hybridized carbons (Fsp3) is 0.158. The molecule has 0 spiro atoms. The van der Waals surface area contributed by atoms with Crippen LogP contribution in [0.3, 0.4) is 0 Å². The van der Waals surface area contributed by atoms with Crippen LogP contribution in [-0.2, 0) is 5.60 Å². The van der Waals surface area contributed by atoms with E-state index >= 15 is 0 Å². The summed E-state index contributed by atoms with van der Waals surface area (Å²) in [5.74, 6) is 0. The maximum atomic E-state index is 10.1. The Morgan fingerprint density at radius 1 is 0.957 bits per heavy atom. The van der Waals surface area contributed by atoms with E-state index in [-0.39, 0.29) is 0 Å². The molecular weight excluding hydrogens is 308 g/mol. The lowest BCUT2D eigenvalue weighted by Gasteiger charge is -2.17. The third kappa shape index (κ3) is 3.41. The van der Waals surface area contributed by atoms with Gasteiger partial charge in [-0.1, -0.05) is 29.8 Å². The fourth-order valence-electron chi connectivity index (χ4n) is 2.39. The molecule has 0 unspecified atom stereocenters. The summed E-state index contributed by atoms with van der Waals surface area (Å²) in [6, 6.07) is 13.5. The molecule has 3 nitrogen and oxygen atoms in total. The smallest absolute Gasteiger partial charge is 0.101 e. The quantitative estimate of drug-likeness (QED) is 0.760. The minimum atomic E-state index is -0.982. The van der Waals surface area contributed by atoms with Crippen molar-refractivity contribution in [2.75, 3.05) is 0 Å². The van der Waals surface area contributed by atoms with Crippen LogP contribution in [0.1, 0.15) is 19.5 Å². The van der Waals surface area contributed by atoms with Gasteiger partial charge in [0.1, 0.15) is 5.60 Å². The highest BCUT2D eigenvalue weighted by molar-refractivity contribution is 6.33. The van der Waals surface area contributed by atoms with Gasteiger partial charge in [0.25, 0.3) is 0 Å². The first-order valence-corrected chi connectivity index (χ1v) is 7.72. The number of aromatic nitrogens is 2. The second-order valence-corrected chi connectivity index (χ2v) is 6.34. The highest BCUT2D eigenvalue weighted by Gasteiger charge is 2.18. The summed E-state index contributed by atoms with van der Waals surface area (Å²) < 4.78 is 0. The highest BCUT2D eigenvalue weighted by atomic mass is 35.5. The van der Waals surface area contributed by atoms with Crippen molar-refractivity contribution in [3.05, 3.63) is 71.8 Å². The predicted octanol–water partition coefficient (Wildman–Crippen LogP) is 4.69. The molecule has 2 aromatic heterocycles. The van der Waals surface area contributed by atoms with Crippen LogP contribution in [-0.4, -0.2) is 15.1 Å². The number of aliphatic hydroxyl groups is 1. The highest BCUT2D eigenvalue weighted by Crippen LogP contribution is 2.31. The predicted molar refractivity (Wildman–Crippen MR) is 93.2 cm³/mol. The fourth-order valence-corrected chi connectivity index (χ4v) is 2.63. The van der Waals surface area contributed by atoms with Gasteiger partial charge in [-0.05, 0) is 43.7 Å². The summed E-state index contributed by atoms with van der Waals surface area (Å²) in [6.45, 7) is 3.44. The van der Waals surface area contributed by atoms with Crippen LogP contribution in [0.4, 0.5) is 0 Å². The molecule has 0 radical (unpaired) electrons. The van der Waals surface area contributed by atoms with Crippen molar-refractivity contribution in [1.82, 2.24) is 9.97 Å². The molecule has 1 aromatic carbocycles. The number of halogens is 1. The van der Waals surface area contributed by atoms with Gasteiger partial charge in [0.15, 0.2) is 0 Å². The van der Waals surface area contributed by atoms with E-state index in [2.05, 4.69) is 9.97 Å². The van der Waals surface area contributed by atoms with Gasteiger partial charge in [-0.2, -0.15) is 0 Å². The molecule has 0 saturated heterocycles. The molecule has 0 fully saturated rings. The Morgan fingerprint density at radius 2 is 1.70 bits per heavy atom. The molecule has 0 aliphatic rings. The minimum absolute atomic E-state index is 0.623. The van der Waals surface area contributed by atoms with E-state index in [1.807, 2.05) is 42.5 Å². The van der Waals surface area contributed by atoms with Crippen molar-refractivity contribution in [2.24, 2.45) is 0 Å². The number of benzene rings is 1. The van der Waals surface area contributed by atoms with Crippen LogP contribution in [0, 0.1) is 0 Å². The Balaban J connectivity index is 2.06. The Bertz CT molecular complexity index is 841. The molecule has 0 aliphatic heterocycles. The van der Waals surface area contributed by atoms with E-state index in [0.29, 0.717) is 10.7 Å². The lowest BCUT2D eigenvalue weighted by atomic mass is 9.98. The molecule has 23 heavy (non-hydrogen) atoms. The molecule has 0 atom stereocenters. The van der Waals surface area contributed by atoms with Crippen molar-refractivity contribution in [2.45, 2.75) is 19.4 Å². The van der Waals surface area contributed by atoms with E-state index in [0.717, 1.165) is 22.3 Å². The summed E-state index contributed by atoms with van der Waals surface area (Å²) in [7, 11) is 0. The topological polar surface area (TPSA) is 46.0 Å². The Kier molecular flexibility index (Phi) is 4.16. The first-order chi connectivity index (χ1) is 10.9. The third-order valence-corrected chi connectivity index (χ3v) is 3.97. The normalized spacial score (nSPS) is 11.5. The zero-order valence-electron chi connectivity index (χ0n) is 13.0. The molecule has 1 N–H and O–H groups in total. The molecule has 3 rings (SSSR count). The van der Waals surface area contributed by atoms with Crippen LogP contribution in [0.15, 0.2) is 61.1 Å². The van der Waals surface area contributed by atoms with Crippen molar-refractivity contribution in [3.8, 4) is 22.3 Å². The van der Waals surface area contributed by atoms with E-state index in [1.54, 1.807) is 32.4 Å². The molecule has 4 heteroatoms. The SMILES string of the molecule is CC(C)(O)c1cc(-c2cncc(-c3ccccc3Cl)c2)ccn1. The van der Waals surface area contributed by atoms with Crippen LogP contribution >= 0.6 is 11.6 Å². The van der Waals surface area contributed by atoms with Crippen LogP contribution in [0.5, 0.6) is 0 Å². The zero-order valence-corrected chi connectivity index (χ0v) is 13.7. The standard InChI is InChI=1S/C19H17ClN2O/c1-19(2,23)18-10-13(7-8-22-18)14-9-15(12-21-11-14)16-5-3-4-6-17(16)20/h3-12,23H,1-2H3. The van der Waals surface area contributed by atoms with E-state index in [4.69, 9.17) is 11.6 Å². The summed E-state index contributed by atoms with van der Waals surface area (Å²) in [5.41, 5.74) is 3.45. The second-order valence-electron chi connectivity index (χ2n) is 5.93. The van der Waals surface area contributed by atoms with Crippen LogP contribution in [0.25, 0.3) is 22.3 Å². The summed E-state index contributed by atoms with van der Waals surface area (Å²) in [4.78, 5) is 8.57. The van der Waals surface area contributed by atoms with Crippen molar-refractivity contribution >= 4 is 11.6 Å². The summed E-state index contributed by atoms with van der Waals surface area (Å²) in [6.07, 6.45) is 5.29. The Labute approximate surface area is 140 Å². The Morgan fingerprint density at radius 3 is 2.43 bits per heavy atom. The van der Waals surface area contributed by atoms with Crippen LogP contribution < -0.4 is 0 Å². The third-order valence-electron chi connectivity index (χ3n) is 3.64. The second kappa shape index (κ2) is 6.11. The van der Waals surface area contributed by atoms with Gasteiger partial charge in [0.2, 0.25) is 0 Å². The molecule has 3 aromatic rings. The average Bonchev–Trinajstić information content (AvgIpc) is 2.55. The maximum Gasteiger partial charge on any atom is 0.101 e. The molecule has 116 valence electrons. The van der Waals surface area contributed by atoms with E-state index < -0.39 is 5.60 Å². The van der Waals surface area contributed by atoms with Crippen molar-refractivity contribution < 1.29 is 5.11 Å². The minimum Gasteiger partial charge on any atom is -0.384 e. The largest absolute Gasteiger partial charge is 0.384 e. The van der Waals surface area contributed by atoms with Gasteiger partial charge in [-0.25, -0.2) is 0 Å². The number of nitrogens with zero attached hydrogens (tertiary/aromatic N) is 2. The van der Waals surface area contributed by atoms with Gasteiger partial charge < -0.3 is 5.11 Å². The van der Waals surface area contributed by atoms with Crippen LogP contribution in [0.2, 0.25) is 5.02 Å². The molecule has 0 aliphatic carbocycles. The Hall–Kier alpha value is -2.23. The van der Waals surface area contributed by atoms with Gasteiger partial charge >= 0.3 is 0 Å². The first kappa shape index (κ1) is 15.7. The van der Waals surface area contributed by atoms with E-state index in [9.17, 15) is 5.11 Å². The van der Waals surface area contributed by atoms with Gasteiger partial charge in [-0.15, -0.1) is 0 Å². The molecule has 0 bridgehead atoms. The summed E-state index contributed by atoms with van der Waals surface area (Å²) in [5, 5.41) is 10.8. The number of pyridine rings is 2. The van der Waals surface area contributed by atoms with Gasteiger partial charge in [0.05, 0.1) is 5.69 Å². The number of hydrogen-bond acceptors (Lipinski definition) is 3. The lowest BCUT2D eigenvalue weighted by molar-refractivity contribution is 0.0739. The number of rotatable bonds is 3. The average molecular weight is 325 g/mol. The molecule has 0 saturated carbocycles. The maximum absolute atomic E-state index is 10.1. The lowest BCUT2D eigenvalue weighted by Crippen LogP contribution is -2.17. The van der Waals surface area contributed by atoms with Gasteiger partial charge in [-0.3, -0.25) is 9.97 Å². The van der Waals surface area contributed by atoms with E-state index in [1.165, 1.54) is 0 Å². The molecule has 0 amide bonds. The summed E-state index contributed by atoms with van der Waals surface area (Å²) >= 11 is 6.27. The zero-order chi connectivity index (χ0) is 16.4. The van der Waals surface area contributed by atoms with Crippen molar-refractivity contribution in [3.63, 3.8) is 0 Å². The monoisotopic (exact) mass is 324 g/mol. The van der Waals surface area contributed by atoms with Crippen molar-refractivity contribution in [1.29, 1.82) is 0 Å². The molecular formula is C19H17ClN2O. The first-order valence-electron chi connectivity index (χ1n) is 7.34. The molecule has 2 heterocycles.